The molecular weight excluding hydrogens is 264 g/mol. The van der Waals surface area contributed by atoms with E-state index in [4.69, 9.17) is 4.74 Å². The number of nitrogens with one attached hydrogen (secondary N) is 1. The predicted octanol–water partition coefficient (Wildman–Crippen LogP) is 2.72. The molecule has 0 spiro atoms. The summed E-state index contributed by atoms with van der Waals surface area (Å²) in [7, 11) is 0. The molecule has 2 rings (SSSR count). The maximum atomic E-state index is 5.50. The summed E-state index contributed by atoms with van der Waals surface area (Å²) in [6.45, 7) is 10.5. The van der Waals surface area contributed by atoms with Crippen LogP contribution in [0.25, 0.3) is 0 Å². The van der Waals surface area contributed by atoms with E-state index in [0.717, 1.165) is 18.0 Å². The molecule has 1 aromatic carbocycles. The molecule has 0 aliphatic rings. The Hall–Kier alpha value is -1.88. The van der Waals surface area contributed by atoms with Gasteiger partial charge in [0.1, 0.15) is 5.75 Å². The van der Waals surface area contributed by atoms with Crippen LogP contribution in [-0.2, 0) is 18.6 Å². The van der Waals surface area contributed by atoms with Crippen LogP contribution in [0.2, 0.25) is 0 Å². The number of nitrogens with zero attached hydrogens (tertiary/aromatic N) is 3. The topological polar surface area (TPSA) is 52.0 Å². The standard InChI is InChI=1S/C16H24N4O/c1-5-21-15-8-6-7-13(9-15)10-17-11-14-12-20(19-18-14)16(2,3)4/h6-9,12,17H,5,10-11H2,1-4H3. The van der Waals surface area contributed by atoms with Gasteiger partial charge in [0.2, 0.25) is 0 Å². The van der Waals surface area contributed by atoms with E-state index in [2.05, 4.69) is 48.5 Å². The summed E-state index contributed by atoms with van der Waals surface area (Å²) in [5, 5.41) is 11.7. The Bertz CT molecular complexity index is 572. The zero-order chi connectivity index (χ0) is 15.3. The van der Waals surface area contributed by atoms with Crippen molar-refractivity contribution in [1.82, 2.24) is 20.3 Å². The van der Waals surface area contributed by atoms with E-state index < -0.39 is 0 Å². The van der Waals surface area contributed by atoms with E-state index in [0.29, 0.717) is 13.2 Å². The van der Waals surface area contributed by atoms with Crippen molar-refractivity contribution in [2.24, 2.45) is 0 Å². The molecule has 0 amide bonds. The molecule has 5 nitrogen and oxygen atoms in total. The van der Waals surface area contributed by atoms with E-state index in [1.54, 1.807) is 0 Å². The summed E-state index contributed by atoms with van der Waals surface area (Å²) in [5.41, 5.74) is 2.12. The van der Waals surface area contributed by atoms with Crippen molar-refractivity contribution in [2.45, 2.75) is 46.3 Å². The lowest BCUT2D eigenvalue weighted by molar-refractivity contribution is 0.340. The van der Waals surface area contributed by atoms with E-state index in [9.17, 15) is 0 Å². The third kappa shape index (κ3) is 4.56. The SMILES string of the molecule is CCOc1cccc(CNCc2cn(C(C)(C)C)nn2)c1. The molecule has 21 heavy (non-hydrogen) atoms. The maximum Gasteiger partial charge on any atom is 0.119 e. The van der Waals surface area contributed by atoms with Crippen molar-refractivity contribution in [3.63, 3.8) is 0 Å². The molecule has 1 N–H and O–H groups in total. The van der Waals surface area contributed by atoms with Crippen LogP contribution in [0.3, 0.4) is 0 Å². The molecule has 5 heteroatoms. The van der Waals surface area contributed by atoms with Gasteiger partial charge in [0.25, 0.3) is 0 Å². The minimum atomic E-state index is -0.0307. The van der Waals surface area contributed by atoms with Gasteiger partial charge in [0, 0.05) is 13.1 Å². The highest BCUT2D eigenvalue weighted by Crippen LogP contribution is 2.14. The molecule has 114 valence electrons. The van der Waals surface area contributed by atoms with Crippen molar-refractivity contribution >= 4 is 0 Å². The first-order valence-electron chi connectivity index (χ1n) is 7.33. The summed E-state index contributed by atoms with van der Waals surface area (Å²) in [4.78, 5) is 0. The van der Waals surface area contributed by atoms with Crippen LogP contribution >= 0.6 is 0 Å². The van der Waals surface area contributed by atoms with Crippen molar-refractivity contribution in [3.05, 3.63) is 41.7 Å². The molecule has 2 aromatic rings. The van der Waals surface area contributed by atoms with Crippen LogP contribution in [-0.4, -0.2) is 21.6 Å². The number of rotatable bonds is 6. The predicted molar refractivity (Wildman–Crippen MR) is 83.2 cm³/mol. The van der Waals surface area contributed by atoms with Crippen LogP contribution in [0.4, 0.5) is 0 Å². The summed E-state index contributed by atoms with van der Waals surface area (Å²) in [6, 6.07) is 8.13. The van der Waals surface area contributed by atoms with Gasteiger partial charge in [-0.15, -0.1) is 5.10 Å². The van der Waals surface area contributed by atoms with E-state index >= 15 is 0 Å². The normalized spacial score (nSPS) is 11.6. The Kier molecular flexibility index (Phi) is 4.96. The first-order valence-corrected chi connectivity index (χ1v) is 7.33. The molecule has 0 saturated carbocycles. The van der Waals surface area contributed by atoms with Gasteiger partial charge in [-0.2, -0.15) is 0 Å². The Morgan fingerprint density at radius 1 is 1.24 bits per heavy atom. The average Bonchev–Trinajstić information content (AvgIpc) is 2.88. The molecule has 0 atom stereocenters. The molecule has 0 fully saturated rings. The smallest absolute Gasteiger partial charge is 0.119 e. The third-order valence-electron chi connectivity index (χ3n) is 3.07. The van der Waals surface area contributed by atoms with Crippen LogP contribution in [0.5, 0.6) is 5.75 Å². The van der Waals surface area contributed by atoms with Gasteiger partial charge in [0.15, 0.2) is 0 Å². The second kappa shape index (κ2) is 6.72. The fraction of sp³-hybridized carbons (Fsp3) is 0.500. The summed E-state index contributed by atoms with van der Waals surface area (Å²) in [6.07, 6.45) is 1.99. The monoisotopic (exact) mass is 288 g/mol. The largest absolute Gasteiger partial charge is 0.494 e. The van der Waals surface area contributed by atoms with Gasteiger partial charge in [-0.05, 0) is 45.4 Å². The van der Waals surface area contributed by atoms with Crippen molar-refractivity contribution in [1.29, 1.82) is 0 Å². The van der Waals surface area contributed by atoms with E-state index in [1.807, 2.05) is 29.9 Å². The zero-order valence-corrected chi connectivity index (χ0v) is 13.3. The van der Waals surface area contributed by atoms with Crippen LogP contribution in [0.1, 0.15) is 39.0 Å². The minimum Gasteiger partial charge on any atom is -0.494 e. The number of aromatic nitrogens is 3. The highest BCUT2D eigenvalue weighted by Gasteiger charge is 2.14. The highest BCUT2D eigenvalue weighted by molar-refractivity contribution is 5.28. The number of hydrogen-bond acceptors (Lipinski definition) is 4. The molecule has 0 unspecified atom stereocenters. The Morgan fingerprint density at radius 3 is 2.71 bits per heavy atom. The summed E-state index contributed by atoms with van der Waals surface area (Å²) in [5.74, 6) is 0.912. The van der Waals surface area contributed by atoms with Gasteiger partial charge < -0.3 is 10.1 Å². The highest BCUT2D eigenvalue weighted by atomic mass is 16.5. The van der Waals surface area contributed by atoms with Crippen molar-refractivity contribution in [3.8, 4) is 5.75 Å². The van der Waals surface area contributed by atoms with Crippen LogP contribution < -0.4 is 10.1 Å². The molecule has 1 heterocycles. The molecule has 0 aliphatic heterocycles. The molecule has 0 bridgehead atoms. The Morgan fingerprint density at radius 2 is 2.05 bits per heavy atom. The Balaban J connectivity index is 1.87. The number of hydrogen-bond donors (Lipinski definition) is 1. The zero-order valence-electron chi connectivity index (χ0n) is 13.3. The lowest BCUT2D eigenvalue weighted by Crippen LogP contribution is -2.22. The van der Waals surface area contributed by atoms with Gasteiger partial charge in [-0.25, -0.2) is 4.68 Å². The third-order valence-corrected chi connectivity index (χ3v) is 3.07. The first kappa shape index (κ1) is 15.5. The van der Waals surface area contributed by atoms with Gasteiger partial charge in [0.05, 0.1) is 24.0 Å². The molecule has 0 radical (unpaired) electrons. The van der Waals surface area contributed by atoms with Gasteiger partial charge in [-0.1, -0.05) is 17.3 Å². The summed E-state index contributed by atoms with van der Waals surface area (Å²) >= 11 is 0. The second-order valence-corrected chi connectivity index (χ2v) is 6.01. The Labute approximate surface area is 126 Å². The second-order valence-electron chi connectivity index (χ2n) is 6.01. The van der Waals surface area contributed by atoms with Crippen LogP contribution in [0, 0.1) is 0 Å². The van der Waals surface area contributed by atoms with Crippen molar-refractivity contribution in [2.75, 3.05) is 6.61 Å². The average molecular weight is 288 g/mol. The lowest BCUT2D eigenvalue weighted by atomic mass is 10.1. The molecule has 0 aliphatic carbocycles. The quantitative estimate of drug-likeness (QED) is 0.888. The van der Waals surface area contributed by atoms with Crippen molar-refractivity contribution < 1.29 is 4.74 Å². The van der Waals surface area contributed by atoms with Gasteiger partial charge in [-0.3, -0.25) is 0 Å². The fourth-order valence-electron chi connectivity index (χ4n) is 1.95. The fourth-order valence-corrected chi connectivity index (χ4v) is 1.95. The van der Waals surface area contributed by atoms with Crippen LogP contribution in [0.15, 0.2) is 30.5 Å². The number of benzene rings is 1. The van der Waals surface area contributed by atoms with E-state index in [-0.39, 0.29) is 5.54 Å². The summed E-state index contributed by atoms with van der Waals surface area (Å²) < 4.78 is 7.39. The molecular formula is C16H24N4O. The van der Waals surface area contributed by atoms with E-state index in [1.165, 1.54) is 5.56 Å². The maximum absolute atomic E-state index is 5.50. The first-order chi connectivity index (χ1) is 9.99. The lowest BCUT2D eigenvalue weighted by Gasteiger charge is -2.17. The molecule has 0 saturated heterocycles. The molecule has 1 aromatic heterocycles. The number of ether oxygens (including phenoxy) is 1. The van der Waals surface area contributed by atoms with Gasteiger partial charge >= 0.3 is 0 Å². The minimum absolute atomic E-state index is 0.0307.